The minimum atomic E-state index is 0.218. The number of aliphatic imine (C=N–C) groups is 1. The predicted molar refractivity (Wildman–Crippen MR) is 127 cm³/mol. The molecule has 156 valence electrons. The second kappa shape index (κ2) is 8.74. The third-order valence-corrected chi connectivity index (χ3v) is 5.22. The van der Waals surface area contributed by atoms with Crippen LogP contribution < -0.4 is 16.0 Å². The number of aryl methyl sites for hydroxylation is 1. The van der Waals surface area contributed by atoms with Gasteiger partial charge in [-0.3, -0.25) is 4.99 Å². The molecule has 1 heterocycles. The summed E-state index contributed by atoms with van der Waals surface area (Å²) in [7, 11) is 0. The molecule has 2 aromatic carbocycles. The summed E-state index contributed by atoms with van der Waals surface area (Å²) >= 11 is 0. The number of anilines is 2. The van der Waals surface area contributed by atoms with Gasteiger partial charge in [-0.2, -0.15) is 0 Å². The van der Waals surface area contributed by atoms with E-state index >= 15 is 0 Å². The van der Waals surface area contributed by atoms with Crippen LogP contribution in [-0.2, 0) is 6.42 Å². The van der Waals surface area contributed by atoms with Gasteiger partial charge in [0.15, 0.2) is 5.96 Å². The Balaban J connectivity index is 1.51. The van der Waals surface area contributed by atoms with Gasteiger partial charge in [0.1, 0.15) is 5.82 Å². The van der Waals surface area contributed by atoms with E-state index in [1.165, 1.54) is 11.1 Å². The van der Waals surface area contributed by atoms with E-state index < -0.39 is 0 Å². The Morgan fingerprint density at radius 2 is 1.87 bits per heavy atom. The van der Waals surface area contributed by atoms with Crippen molar-refractivity contribution < 1.29 is 0 Å². The van der Waals surface area contributed by atoms with Crippen LogP contribution in [0.1, 0.15) is 51.3 Å². The summed E-state index contributed by atoms with van der Waals surface area (Å²) in [4.78, 5) is 9.50. The molecule has 4 rings (SSSR count). The fourth-order valence-corrected chi connectivity index (χ4v) is 3.94. The van der Waals surface area contributed by atoms with Gasteiger partial charge in [-0.05, 0) is 82.0 Å². The number of nitrogens with one attached hydrogen (secondary N) is 3. The lowest BCUT2D eigenvalue weighted by atomic mass is 10.1. The Morgan fingerprint density at radius 3 is 2.67 bits per heavy atom. The minimum Gasteiger partial charge on any atom is -0.363 e. The molecule has 0 spiro atoms. The topological polar surface area (TPSA) is 61.3 Å². The van der Waals surface area contributed by atoms with Crippen LogP contribution in [0.25, 0.3) is 10.9 Å². The Morgan fingerprint density at radius 1 is 1.03 bits per heavy atom. The van der Waals surface area contributed by atoms with Crippen LogP contribution in [-0.4, -0.2) is 23.0 Å². The van der Waals surface area contributed by atoms with E-state index in [2.05, 4.69) is 103 Å². The molecule has 1 aliphatic carbocycles. The van der Waals surface area contributed by atoms with Crippen molar-refractivity contribution >= 4 is 28.4 Å². The van der Waals surface area contributed by atoms with Gasteiger partial charge in [0, 0.05) is 23.2 Å². The molecular formula is C25H31N5. The molecule has 5 heteroatoms. The third kappa shape index (κ3) is 4.73. The zero-order valence-corrected chi connectivity index (χ0v) is 18.2. The van der Waals surface area contributed by atoms with Crippen molar-refractivity contribution in [2.45, 2.75) is 58.7 Å². The van der Waals surface area contributed by atoms with E-state index in [1.807, 2.05) is 0 Å². The predicted octanol–water partition coefficient (Wildman–Crippen LogP) is 5.51. The molecule has 1 unspecified atom stereocenters. The zero-order valence-electron chi connectivity index (χ0n) is 18.2. The Labute approximate surface area is 179 Å². The van der Waals surface area contributed by atoms with Crippen molar-refractivity contribution in [2.75, 3.05) is 10.6 Å². The maximum Gasteiger partial charge on any atom is 0.196 e. The van der Waals surface area contributed by atoms with Gasteiger partial charge in [0.2, 0.25) is 0 Å². The summed E-state index contributed by atoms with van der Waals surface area (Å²) in [6.07, 6.45) is 2.24. The lowest BCUT2D eigenvalue weighted by Crippen LogP contribution is -2.36. The summed E-state index contributed by atoms with van der Waals surface area (Å²) in [5.41, 5.74) is 4.83. The summed E-state index contributed by atoms with van der Waals surface area (Å²) in [6.45, 7) is 8.37. The normalized spacial score (nSPS) is 16.2. The van der Waals surface area contributed by atoms with E-state index in [-0.39, 0.29) is 6.04 Å². The quantitative estimate of drug-likeness (QED) is 0.390. The van der Waals surface area contributed by atoms with Crippen LogP contribution in [0.2, 0.25) is 0 Å². The molecule has 0 saturated heterocycles. The molecule has 3 aromatic rings. The minimum absolute atomic E-state index is 0.218. The van der Waals surface area contributed by atoms with Crippen molar-refractivity contribution in [3.63, 3.8) is 0 Å². The maximum absolute atomic E-state index is 4.84. The van der Waals surface area contributed by atoms with Crippen LogP contribution in [0, 0.1) is 0 Å². The van der Waals surface area contributed by atoms with E-state index in [0.717, 1.165) is 41.2 Å². The molecule has 3 N–H and O–H groups in total. The molecule has 1 atom stereocenters. The summed E-state index contributed by atoms with van der Waals surface area (Å²) in [5, 5.41) is 11.5. The number of benzene rings is 2. The average molecular weight is 402 g/mol. The molecule has 0 amide bonds. The molecule has 0 saturated carbocycles. The van der Waals surface area contributed by atoms with Crippen molar-refractivity contribution in [1.29, 1.82) is 0 Å². The van der Waals surface area contributed by atoms with Gasteiger partial charge in [-0.25, -0.2) is 4.98 Å². The first-order valence-electron chi connectivity index (χ1n) is 10.8. The van der Waals surface area contributed by atoms with Crippen molar-refractivity contribution in [2.24, 2.45) is 4.99 Å². The lowest BCUT2D eigenvalue weighted by Gasteiger charge is -2.17. The number of fused-ring (bicyclic) bond motifs is 2. The number of guanidine groups is 1. The van der Waals surface area contributed by atoms with E-state index in [1.54, 1.807) is 0 Å². The first kappa shape index (κ1) is 20.2. The van der Waals surface area contributed by atoms with Crippen LogP contribution >= 0.6 is 0 Å². The lowest BCUT2D eigenvalue weighted by molar-refractivity contribution is 0.717. The van der Waals surface area contributed by atoms with Crippen molar-refractivity contribution in [1.82, 2.24) is 10.3 Å². The highest BCUT2D eigenvalue weighted by Crippen LogP contribution is 2.33. The Bertz CT molecular complexity index is 1050. The van der Waals surface area contributed by atoms with Gasteiger partial charge in [0.25, 0.3) is 0 Å². The van der Waals surface area contributed by atoms with Gasteiger partial charge in [-0.15, -0.1) is 0 Å². The molecule has 5 nitrogen and oxygen atoms in total. The zero-order chi connectivity index (χ0) is 21.1. The first-order chi connectivity index (χ1) is 14.5. The highest BCUT2D eigenvalue weighted by Gasteiger charge is 2.21. The van der Waals surface area contributed by atoms with Crippen molar-refractivity contribution in [3.05, 3.63) is 65.7 Å². The molecule has 1 aromatic heterocycles. The molecule has 1 aliphatic rings. The van der Waals surface area contributed by atoms with E-state index in [9.17, 15) is 0 Å². The number of hydrogen-bond donors (Lipinski definition) is 3. The number of pyridine rings is 1. The molecule has 0 fully saturated rings. The van der Waals surface area contributed by atoms with Crippen LogP contribution in [0.4, 0.5) is 11.5 Å². The first-order valence-corrected chi connectivity index (χ1v) is 10.8. The van der Waals surface area contributed by atoms with Gasteiger partial charge >= 0.3 is 0 Å². The van der Waals surface area contributed by atoms with Gasteiger partial charge in [-0.1, -0.05) is 24.3 Å². The SMILES string of the molecule is CC(C)N=C(Nc1ccc2nc(NC3CCc4ccccc43)ccc2c1)NC(C)C. The molecular weight excluding hydrogens is 370 g/mol. The highest BCUT2D eigenvalue weighted by atomic mass is 15.2. The molecule has 30 heavy (non-hydrogen) atoms. The summed E-state index contributed by atoms with van der Waals surface area (Å²) in [5.74, 6) is 1.72. The second-order valence-corrected chi connectivity index (χ2v) is 8.53. The number of nitrogens with zero attached hydrogens (tertiary/aromatic N) is 2. The van der Waals surface area contributed by atoms with E-state index in [0.29, 0.717) is 12.1 Å². The Kier molecular flexibility index (Phi) is 5.88. The molecule has 0 aliphatic heterocycles. The van der Waals surface area contributed by atoms with Gasteiger partial charge < -0.3 is 16.0 Å². The monoisotopic (exact) mass is 401 g/mol. The van der Waals surface area contributed by atoms with Crippen molar-refractivity contribution in [3.8, 4) is 0 Å². The Hall–Kier alpha value is -3.08. The number of aromatic nitrogens is 1. The summed E-state index contributed by atoms with van der Waals surface area (Å²) in [6, 6.07) is 20.0. The summed E-state index contributed by atoms with van der Waals surface area (Å²) < 4.78 is 0. The fraction of sp³-hybridized carbons (Fsp3) is 0.360. The smallest absolute Gasteiger partial charge is 0.196 e. The molecule has 0 bridgehead atoms. The number of hydrogen-bond acceptors (Lipinski definition) is 3. The van der Waals surface area contributed by atoms with Crippen LogP contribution in [0.5, 0.6) is 0 Å². The van der Waals surface area contributed by atoms with Crippen LogP contribution in [0.15, 0.2) is 59.6 Å². The standard InChI is InChI=1S/C25H31N5/c1-16(2)26-25(27-17(3)4)28-20-11-13-22-19(15-20)10-14-24(29-22)30-23-12-9-18-7-5-6-8-21(18)23/h5-8,10-11,13-17,23H,9,12H2,1-4H3,(H,29,30)(H2,26,27,28). The van der Waals surface area contributed by atoms with Crippen LogP contribution in [0.3, 0.4) is 0 Å². The molecule has 0 radical (unpaired) electrons. The number of rotatable bonds is 5. The highest BCUT2D eigenvalue weighted by molar-refractivity contribution is 5.96. The largest absolute Gasteiger partial charge is 0.363 e. The second-order valence-electron chi connectivity index (χ2n) is 8.53. The third-order valence-electron chi connectivity index (χ3n) is 5.22. The fourth-order valence-electron chi connectivity index (χ4n) is 3.94. The van der Waals surface area contributed by atoms with E-state index in [4.69, 9.17) is 4.98 Å². The van der Waals surface area contributed by atoms with Gasteiger partial charge in [0.05, 0.1) is 11.6 Å². The maximum atomic E-state index is 4.84. The average Bonchev–Trinajstić information content (AvgIpc) is 3.10.